The topological polar surface area (TPSA) is 109 Å². The third kappa shape index (κ3) is 14.7. The van der Waals surface area contributed by atoms with Crippen LogP contribution in [-0.4, -0.2) is 46.6 Å². The van der Waals surface area contributed by atoms with Crippen LogP contribution in [0.5, 0.6) is 0 Å². The number of carbonyl (C=O) groups excluding carboxylic acids is 2. The van der Waals surface area contributed by atoms with E-state index < -0.39 is 18.2 Å². The number of amides is 1. The fourth-order valence-corrected chi connectivity index (χ4v) is 1.02. The van der Waals surface area contributed by atoms with Gasteiger partial charge in [0.15, 0.2) is 5.12 Å². The summed E-state index contributed by atoms with van der Waals surface area (Å²) in [6, 6.07) is -0.479. The summed E-state index contributed by atoms with van der Waals surface area (Å²) in [6.45, 7) is 3.61. The van der Waals surface area contributed by atoms with Crippen LogP contribution >= 0.6 is 11.8 Å². The molecule has 1 atom stereocenters. The van der Waals surface area contributed by atoms with E-state index in [-0.39, 0.29) is 11.0 Å². The van der Waals surface area contributed by atoms with Gasteiger partial charge in [-0.2, -0.15) is 13.2 Å². The van der Waals surface area contributed by atoms with E-state index in [0.717, 1.165) is 0 Å². The molecule has 19 heavy (non-hydrogen) atoms. The Labute approximate surface area is 111 Å². The molecule has 0 saturated heterocycles. The highest BCUT2D eigenvalue weighted by Gasteiger charge is 2.38. The Bertz CT molecular complexity index is 321. The lowest BCUT2D eigenvalue weighted by Gasteiger charge is -2.05. The Kier molecular flexibility index (Phi) is 10.1. The molecule has 0 aliphatic rings. The standard InChI is InChI=1S/C7H14N2O2S.C2HF3O2/c1-5(8)7(11)9-3-4-12-6(2)10;3-2(4,5)1(6)7/h5H,3-4,8H2,1-2H3,(H,9,11);(H,6,7)/t5-;/m0./s1. The van der Waals surface area contributed by atoms with Gasteiger partial charge in [-0.1, -0.05) is 11.8 Å². The highest BCUT2D eigenvalue weighted by molar-refractivity contribution is 8.13. The van der Waals surface area contributed by atoms with Crippen molar-refractivity contribution in [1.29, 1.82) is 0 Å². The van der Waals surface area contributed by atoms with E-state index in [1.54, 1.807) is 6.92 Å². The lowest BCUT2D eigenvalue weighted by Crippen LogP contribution is -2.39. The summed E-state index contributed by atoms with van der Waals surface area (Å²) in [4.78, 5) is 30.2. The van der Waals surface area contributed by atoms with Crippen LogP contribution in [0, 0.1) is 0 Å². The third-order valence-electron chi connectivity index (χ3n) is 1.36. The van der Waals surface area contributed by atoms with Gasteiger partial charge in [-0.15, -0.1) is 0 Å². The number of nitrogens with one attached hydrogen (secondary N) is 1. The Balaban J connectivity index is 0. The average molecular weight is 304 g/mol. The van der Waals surface area contributed by atoms with Crippen LogP contribution < -0.4 is 11.1 Å². The van der Waals surface area contributed by atoms with Crippen molar-refractivity contribution in [2.45, 2.75) is 26.1 Å². The van der Waals surface area contributed by atoms with Crippen LogP contribution in [0.1, 0.15) is 13.8 Å². The number of hydrogen-bond acceptors (Lipinski definition) is 5. The molecule has 10 heteroatoms. The number of carboxylic acid groups (broad SMARTS) is 1. The second-order valence-electron chi connectivity index (χ2n) is 3.22. The molecule has 0 fully saturated rings. The first-order chi connectivity index (χ1) is 8.48. The molecule has 0 spiro atoms. The first-order valence-electron chi connectivity index (χ1n) is 4.95. The molecule has 0 radical (unpaired) electrons. The van der Waals surface area contributed by atoms with E-state index >= 15 is 0 Å². The second kappa shape index (κ2) is 9.62. The number of aliphatic carboxylic acids is 1. The molecule has 0 heterocycles. The van der Waals surface area contributed by atoms with Gasteiger partial charge in [-0.25, -0.2) is 4.79 Å². The van der Waals surface area contributed by atoms with E-state index in [0.29, 0.717) is 12.3 Å². The number of carbonyl (C=O) groups is 3. The molecule has 1 amide bonds. The van der Waals surface area contributed by atoms with E-state index in [9.17, 15) is 22.8 Å². The predicted octanol–water partition coefficient (Wildman–Crippen LogP) is 0.363. The molecule has 0 aliphatic carbocycles. The molecule has 6 nitrogen and oxygen atoms in total. The summed E-state index contributed by atoms with van der Waals surface area (Å²) < 4.78 is 31.7. The van der Waals surface area contributed by atoms with Crippen LogP contribution in [0.4, 0.5) is 13.2 Å². The number of hydrogen-bond donors (Lipinski definition) is 3. The van der Waals surface area contributed by atoms with E-state index in [4.69, 9.17) is 15.6 Å². The van der Waals surface area contributed by atoms with E-state index in [2.05, 4.69) is 5.32 Å². The molecule has 0 saturated carbocycles. The molecule has 0 aliphatic heterocycles. The predicted molar refractivity (Wildman–Crippen MR) is 63.5 cm³/mol. The van der Waals surface area contributed by atoms with Crippen molar-refractivity contribution >= 4 is 28.8 Å². The monoisotopic (exact) mass is 304 g/mol. The smallest absolute Gasteiger partial charge is 0.475 e. The fraction of sp³-hybridized carbons (Fsp3) is 0.667. The van der Waals surface area contributed by atoms with E-state index in [1.807, 2.05) is 0 Å². The molecule has 4 N–H and O–H groups in total. The molecule has 0 aromatic heterocycles. The van der Waals surface area contributed by atoms with Gasteiger partial charge in [-0.3, -0.25) is 9.59 Å². The van der Waals surface area contributed by atoms with Gasteiger partial charge in [0, 0.05) is 19.2 Å². The minimum atomic E-state index is -5.08. The largest absolute Gasteiger partial charge is 0.490 e. The maximum absolute atomic E-state index is 10.9. The average Bonchev–Trinajstić information content (AvgIpc) is 2.23. The van der Waals surface area contributed by atoms with Gasteiger partial charge in [-0.05, 0) is 6.92 Å². The summed E-state index contributed by atoms with van der Waals surface area (Å²) in [6.07, 6.45) is -5.08. The van der Waals surface area contributed by atoms with Crippen molar-refractivity contribution < 1.29 is 32.7 Å². The Morgan fingerprint density at radius 3 is 2.05 bits per heavy atom. The van der Waals surface area contributed by atoms with Gasteiger partial charge in [0.25, 0.3) is 0 Å². The molecule has 0 aromatic carbocycles. The highest BCUT2D eigenvalue weighted by atomic mass is 32.2. The van der Waals surface area contributed by atoms with Crippen molar-refractivity contribution in [2.75, 3.05) is 12.3 Å². The first kappa shape index (κ1) is 20.0. The molecule has 112 valence electrons. The molecular weight excluding hydrogens is 289 g/mol. The summed E-state index contributed by atoms with van der Waals surface area (Å²) in [5.41, 5.74) is 5.29. The number of alkyl halides is 3. The normalized spacial score (nSPS) is 11.9. The maximum atomic E-state index is 10.9. The van der Waals surface area contributed by atoms with Crippen LogP contribution in [0.3, 0.4) is 0 Å². The number of halogens is 3. The minimum absolute atomic E-state index is 0.0602. The second-order valence-corrected chi connectivity index (χ2v) is 4.49. The highest BCUT2D eigenvalue weighted by Crippen LogP contribution is 2.13. The van der Waals surface area contributed by atoms with Crippen LogP contribution in [0.25, 0.3) is 0 Å². The van der Waals surface area contributed by atoms with Crippen molar-refractivity contribution in [2.24, 2.45) is 5.73 Å². The molecule has 0 bridgehead atoms. The summed E-state index contributed by atoms with van der Waals surface area (Å²) >= 11 is 1.19. The SMILES string of the molecule is CC(=O)SCCNC(=O)[C@H](C)N.O=C(O)C(F)(F)F. The maximum Gasteiger partial charge on any atom is 0.490 e. The molecular formula is C9H15F3N2O4S. The summed E-state index contributed by atoms with van der Waals surface area (Å²) in [5, 5.41) is 9.79. The Morgan fingerprint density at radius 1 is 1.37 bits per heavy atom. The quantitative estimate of drug-likeness (QED) is 0.647. The van der Waals surface area contributed by atoms with Gasteiger partial charge in [0.2, 0.25) is 5.91 Å². The van der Waals surface area contributed by atoms with Crippen LogP contribution in [0.2, 0.25) is 0 Å². The van der Waals surface area contributed by atoms with E-state index in [1.165, 1.54) is 18.7 Å². The molecule has 0 rings (SSSR count). The van der Waals surface area contributed by atoms with Gasteiger partial charge in [0.05, 0.1) is 6.04 Å². The Morgan fingerprint density at radius 2 is 1.79 bits per heavy atom. The Hall–Kier alpha value is -1.29. The van der Waals surface area contributed by atoms with Gasteiger partial charge >= 0.3 is 12.1 Å². The minimum Gasteiger partial charge on any atom is -0.475 e. The van der Waals surface area contributed by atoms with Crippen molar-refractivity contribution in [3.8, 4) is 0 Å². The summed E-state index contributed by atoms with van der Waals surface area (Å²) in [7, 11) is 0. The fourth-order valence-electron chi connectivity index (χ4n) is 0.530. The molecule has 0 aromatic rings. The van der Waals surface area contributed by atoms with Gasteiger partial charge < -0.3 is 16.2 Å². The lowest BCUT2D eigenvalue weighted by molar-refractivity contribution is -0.192. The van der Waals surface area contributed by atoms with Crippen LogP contribution in [0.15, 0.2) is 0 Å². The number of rotatable bonds is 4. The number of thioether (sulfide) groups is 1. The zero-order chi connectivity index (χ0) is 15.6. The van der Waals surface area contributed by atoms with Crippen molar-refractivity contribution in [3.05, 3.63) is 0 Å². The summed E-state index contributed by atoms with van der Waals surface area (Å²) in [5.74, 6) is -2.33. The molecule has 0 unspecified atom stereocenters. The number of nitrogens with two attached hydrogens (primary N) is 1. The van der Waals surface area contributed by atoms with Crippen LogP contribution in [-0.2, 0) is 14.4 Å². The first-order valence-corrected chi connectivity index (χ1v) is 5.93. The van der Waals surface area contributed by atoms with Crippen molar-refractivity contribution in [3.63, 3.8) is 0 Å². The zero-order valence-corrected chi connectivity index (χ0v) is 11.1. The van der Waals surface area contributed by atoms with Gasteiger partial charge in [0.1, 0.15) is 0 Å². The zero-order valence-electron chi connectivity index (χ0n) is 10.3. The number of carboxylic acids is 1. The third-order valence-corrected chi connectivity index (χ3v) is 2.18. The van der Waals surface area contributed by atoms with Crippen molar-refractivity contribution in [1.82, 2.24) is 5.32 Å². The lowest BCUT2D eigenvalue weighted by atomic mass is 10.3.